The van der Waals surface area contributed by atoms with Gasteiger partial charge in [-0.3, -0.25) is 24.5 Å². The molecule has 1 aromatic heterocycles. The van der Waals surface area contributed by atoms with Crippen LogP contribution in [0.5, 0.6) is 0 Å². The molecule has 8 heteroatoms. The lowest BCUT2D eigenvalue weighted by atomic mass is 9.96. The topological polar surface area (TPSA) is 93.3 Å². The second kappa shape index (κ2) is 8.47. The van der Waals surface area contributed by atoms with E-state index in [0.29, 0.717) is 12.6 Å². The fourth-order valence-electron chi connectivity index (χ4n) is 3.46. The van der Waals surface area contributed by atoms with E-state index in [2.05, 4.69) is 29.2 Å². The smallest absolute Gasteiger partial charge is 0.270 e. The minimum absolute atomic E-state index is 0.0753. The Bertz CT molecular complexity index is 809. The van der Waals surface area contributed by atoms with Crippen LogP contribution in [0.3, 0.4) is 0 Å². The maximum absolute atomic E-state index is 12.3. The van der Waals surface area contributed by atoms with E-state index in [1.165, 1.54) is 6.07 Å². The highest BCUT2D eigenvalue weighted by atomic mass is 16.6. The van der Waals surface area contributed by atoms with Gasteiger partial charge in [-0.05, 0) is 31.2 Å². The summed E-state index contributed by atoms with van der Waals surface area (Å²) in [5, 5.41) is 19.1. The molecular formula is C19H27N5O3. The molecule has 1 saturated heterocycles. The number of nitro benzene ring substituents is 1. The molecule has 1 amide bonds. The van der Waals surface area contributed by atoms with E-state index < -0.39 is 4.92 Å². The number of non-ortho nitro benzene ring substituents is 1. The van der Waals surface area contributed by atoms with Crippen molar-refractivity contribution in [2.45, 2.75) is 39.8 Å². The monoisotopic (exact) mass is 373 g/mol. The van der Waals surface area contributed by atoms with Crippen LogP contribution in [0.15, 0.2) is 24.4 Å². The van der Waals surface area contributed by atoms with Gasteiger partial charge in [-0.15, -0.1) is 0 Å². The van der Waals surface area contributed by atoms with E-state index in [0.717, 1.165) is 49.8 Å². The number of nitrogens with zero attached hydrogens (tertiary/aromatic N) is 4. The molecule has 1 fully saturated rings. The van der Waals surface area contributed by atoms with E-state index in [-0.39, 0.29) is 17.5 Å². The van der Waals surface area contributed by atoms with Crippen molar-refractivity contribution >= 4 is 22.5 Å². The standard InChI is InChI=1S/C19H27N5O3/c1-14(2)5-8-20-19(25)15-6-9-22(10-7-15)13-23-18-4-3-17(24(26)27)11-16(18)12-21-23/h3-4,11-12,14-15H,5-10,13H2,1-2H3,(H,20,25). The van der Waals surface area contributed by atoms with E-state index in [4.69, 9.17) is 0 Å². The SMILES string of the molecule is CC(C)CCNC(=O)C1CCN(Cn2ncc3cc([N+](=O)[O-])ccc32)CC1. The first kappa shape index (κ1) is 19.3. The maximum atomic E-state index is 12.3. The lowest BCUT2D eigenvalue weighted by molar-refractivity contribution is -0.384. The number of amides is 1. The minimum Gasteiger partial charge on any atom is -0.356 e. The van der Waals surface area contributed by atoms with Gasteiger partial charge >= 0.3 is 0 Å². The molecule has 146 valence electrons. The summed E-state index contributed by atoms with van der Waals surface area (Å²) < 4.78 is 1.86. The van der Waals surface area contributed by atoms with E-state index in [1.54, 1.807) is 18.3 Å². The summed E-state index contributed by atoms with van der Waals surface area (Å²) in [6.45, 7) is 7.38. The Labute approximate surface area is 158 Å². The molecule has 0 atom stereocenters. The molecule has 3 rings (SSSR count). The Morgan fingerprint density at radius 2 is 2.11 bits per heavy atom. The second-order valence-corrected chi connectivity index (χ2v) is 7.65. The molecule has 1 aliphatic heterocycles. The van der Waals surface area contributed by atoms with Crippen molar-refractivity contribution in [1.82, 2.24) is 20.0 Å². The first-order valence-electron chi connectivity index (χ1n) is 9.54. The number of hydrogen-bond acceptors (Lipinski definition) is 5. The van der Waals surface area contributed by atoms with E-state index in [9.17, 15) is 14.9 Å². The third-order valence-electron chi connectivity index (χ3n) is 5.15. The van der Waals surface area contributed by atoms with E-state index >= 15 is 0 Å². The zero-order chi connectivity index (χ0) is 19.4. The number of aromatic nitrogens is 2. The van der Waals surface area contributed by atoms with Crippen LogP contribution in [-0.4, -0.2) is 45.1 Å². The second-order valence-electron chi connectivity index (χ2n) is 7.65. The molecule has 1 aliphatic rings. The molecule has 2 aromatic rings. The highest BCUT2D eigenvalue weighted by Gasteiger charge is 2.25. The molecular weight excluding hydrogens is 346 g/mol. The summed E-state index contributed by atoms with van der Waals surface area (Å²) in [5.74, 6) is 0.857. The zero-order valence-corrected chi connectivity index (χ0v) is 15.9. The van der Waals surface area contributed by atoms with Gasteiger partial charge in [-0.1, -0.05) is 13.8 Å². The molecule has 1 aromatic carbocycles. The predicted octanol–water partition coefficient (Wildman–Crippen LogP) is 2.78. The Morgan fingerprint density at radius 3 is 2.78 bits per heavy atom. The molecule has 0 aliphatic carbocycles. The van der Waals surface area contributed by atoms with Crippen LogP contribution in [0, 0.1) is 22.0 Å². The fraction of sp³-hybridized carbons (Fsp3) is 0.579. The van der Waals surface area contributed by atoms with Crippen LogP contribution in [0.25, 0.3) is 10.9 Å². The summed E-state index contributed by atoms with van der Waals surface area (Å²) in [6.07, 6.45) is 4.36. The molecule has 0 bridgehead atoms. The lowest BCUT2D eigenvalue weighted by Crippen LogP contribution is -2.41. The third-order valence-corrected chi connectivity index (χ3v) is 5.15. The fourth-order valence-corrected chi connectivity index (χ4v) is 3.46. The quantitative estimate of drug-likeness (QED) is 0.595. The first-order chi connectivity index (χ1) is 12.9. The number of fused-ring (bicyclic) bond motifs is 1. The van der Waals surface area contributed by atoms with Crippen molar-refractivity contribution in [3.63, 3.8) is 0 Å². The van der Waals surface area contributed by atoms with Crippen LogP contribution >= 0.6 is 0 Å². The van der Waals surface area contributed by atoms with Crippen molar-refractivity contribution in [2.24, 2.45) is 11.8 Å². The van der Waals surface area contributed by atoms with Crippen LogP contribution in [0.4, 0.5) is 5.69 Å². The predicted molar refractivity (Wildman–Crippen MR) is 103 cm³/mol. The lowest BCUT2D eigenvalue weighted by Gasteiger charge is -2.31. The zero-order valence-electron chi connectivity index (χ0n) is 15.9. The van der Waals surface area contributed by atoms with Gasteiger partial charge in [0.05, 0.1) is 23.3 Å². The largest absolute Gasteiger partial charge is 0.356 e. The van der Waals surface area contributed by atoms with Gasteiger partial charge in [-0.2, -0.15) is 5.10 Å². The number of likely N-dealkylation sites (tertiary alicyclic amines) is 1. The van der Waals surface area contributed by atoms with Crippen molar-refractivity contribution in [2.75, 3.05) is 19.6 Å². The van der Waals surface area contributed by atoms with Gasteiger partial charge in [0.15, 0.2) is 0 Å². The molecule has 2 heterocycles. The number of benzene rings is 1. The molecule has 8 nitrogen and oxygen atoms in total. The number of nitrogens with one attached hydrogen (secondary N) is 1. The Balaban J connectivity index is 1.53. The summed E-state index contributed by atoms with van der Waals surface area (Å²) >= 11 is 0. The average molecular weight is 373 g/mol. The summed E-state index contributed by atoms with van der Waals surface area (Å²) in [4.78, 5) is 25.0. The Kier molecular flexibility index (Phi) is 6.05. The molecule has 27 heavy (non-hydrogen) atoms. The van der Waals surface area contributed by atoms with Crippen molar-refractivity contribution in [1.29, 1.82) is 0 Å². The molecule has 1 N–H and O–H groups in total. The van der Waals surface area contributed by atoms with Crippen LogP contribution < -0.4 is 5.32 Å². The van der Waals surface area contributed by atoms with Gasteiger partial charge in [0.25, 0.3) is 5.69 Å². The number of piperidine rings is 1. The third kappa shape index (κ3) is 4.82. The number of hydrogen-bond donors (Lipinski definition) is 1. The number of carbonyl (C=O) groups excluding carboxylic acids is 1. The van der Waals surface area contributed by atoms with Crippen molar-refractivity contribution < 1.29 is 9.72 Å². The van der Waals surface area contributed by atoms with Gasteiger partial charge in [-0.25, -0.2) is 0 Å². The molecule has 0 saturated carbocycles. The Morgan fingerprint density at radius 1 is 1.37 bits per heavy atom. The summed E-state index contributed by atoms with van der Waals surface area (Å²) in [6, 6.07) is 4.80. The van der Waals surface area contributed by atoms with Gasteiger partial charge in [0.1, 0.15) is 0 Å². The summed E-state index contributed by atoms with van der Waals surface area (Å²) in [5.41, 5.74) is 0.959. The highest BCUT2D eigenvalue weighted by molar-refractivity contribution is 5.81. The number of nitro groups is 1. The van der Waals surface area contributed by atoms with Gasteiger partial charge in [0.2, 0.25) is 5.91 Å². The van der Waals surface area contributed by atoms with Crippen molar-refractivity contribution in [3.05, 3.63) is 34.5 Å². The van der Waals surface area contributed by atoms with Crippen LogP contribution in [-0.2, 0) is 11.5 Å². The minimum atomic E-state index is -0.395. The van der Waals surface area contributed by atoms with E-state index in [1.807, 2.05) is 4.68 Å². The summed E-state index contributed by atoms with van der Waals surface area (Å²) in [7, 11) is 0. The Hall–Kier alpha value is -2.48. The average Bonchev–Trinajstić information content (AvgIpc) is 3.04. The normalized spacial score (nSPS) is 16.1. The highest BCUT2D eigenvalue weighted by Crippen LogP contribution is 2.22. The van der Waals surface area contributed by atoms with Gasteiger partial charge < -0.3 is 5.32 Å². The molecule has 0 unspecified atom stereocenters. The maximum Gasteiger partial charge on any atom is 0.270 e. The number of carbonyl (C=O) groups is 1. The van der Waals surface area contributed by atoms with Gasteiger partial charge in [0, 0.05) is 43.1 Å². The molecule has 0 radical (unpaired) electrons. The molecule has 0 spiro atoms. The van der Waals surface area contributed by atoms with Crippen LogP contribution in [0.2, 0.25) is 0 Å². The number of rotatable bonds is 7. The van der Waals surface area contributed by atoms with Crippen LogP contribution in [0.1, 0.15) is 33.1 Å². The first-order valence-corrected chi connectivity index (χ1v) is 9.54. The van der Waals surface area contributed by atoms with Crippen molar-refractivity contribution in [3.8, 4) is 0 Å².